The average molecular weight is 323 g/mol. The lowest BCUT2D eigenvalue weighted by molar-refractivity contribution is 0.912. The Kier molecular flexibility index (Phi) is 4.17. The van der Waals surface area contributed by atoms with Crippen LogP contribution in [0.2, 0.25) is 10.0 Å². The van der Waals surface area contributed by atoms with Crippen molar-refractivity contribution in [1.82, 2.24) is 9.97 Å². The summed E-state index contributed by atoms with van der Waals surface area (Å²) in [5, 5.41) is 4.42. The first-order valence-electron chi connectivity index (χ1n) is 6.94. The molecule has 4 nitrogen and oxygen atoms in total. The highest BCUT2D eigenvalue weighted by molar-refractivity contribution is 6.36. The Balaban J connectivity index is 1.87. The Labute approximate surface area is 134 Å². The zero-order chi connectivity index (χ0) is 14.8. The number of hydrogen-bond donors (Lipinski definition) is 1. The molecular formula is C15H16Cl2N4. The summed E-state index contributed by atoms with van der Waals surface area (Å²) in [5.74, 6) is 2.45. The van der Waals surface area contributed by atoms with Gasteiger partial charge in [-0.2, -0.15) is 0 Å². The first kappa shape index (κ1) is 14.4. The molecule has 0 amide bonds. The normalized spacial score (nSPS) is 14.5. The second-order valence-corrected chi connectivity index (χ2v) is 5.95. The van der Waals surface area contributed by atoms with Crippen molar-refractivity contribution >= 4 is 40.5 Å². The summed E-state index contributed by atoms with van der Waals surface area (Å²) >= 11 is 12.1. The molecule has 110 valence electrons. The molecule has 0 spiro atoms. The fourth-order valence-electron chi connectivity index (χ4n) is 2.45. The number of aryl methyl sites for hydroxylation is 1. The van der Waals surface area contributed by atoms with Crippen LogP contribution in [-0.2, 0) is 0 Å². The minimum absolute atomic E-state index is 0.571. The molecule has 0 bridgehead atoms. The van der Waals surface area contributed by atoms with Gasteiger partial charge in [0, 0.05) is 24.2 Å². The van der Waals surface area contributed by atoms with Crippen LogP contribution in [0.15, 0.2) is 24.3 Å². The molecule has 1 aliphatic heterocycles. The van der Waals surface area contributed by atoms with Crippen LogP contribution in [0.5, 0.6) is 0 Å². The largest absolute Gasteiger partial charge is 0.356 e. The molecule has 1 aromatic heterocycles. The number of halogens is 2. The molecule has 0 aliphatic carbocycles. The van der Waals surface area contributed by atoms with Crippen LogP contribution in [0.4, 0.5) is 17.3 Å². The molecule has 0 unspecified atom stereocenters. The summed E-state index contributed by atoms with van der Waals surface area (Å²) < 4.78 is 0. The lowest BCUT2D eigenvalue weighted by atomic mass is 10.3. The highest BCUT2D eigenvalue weighted by Gasteiger charge is 2.15. The predicted octanol–water partition coefficient (Wildman–Crippen LogP) is 4.44. The zero-order valence-electron chi connectivity index (χ0n) is 11.7. The van der Waals surface area contributed by atoms with Crippen molar-refractivity contribution in [2.24, 2.45) is 0 Å². The molecule has 3 rings (SSSR count). The minimum atomic E-state index is 0.571. The topological polar surface area (TPSA) is 41.1 Å². The van der Waals surface area contributed by atoms with E-state index in [0.29, 0.717) is 10.0 Å². The molecule has 0 radical (unpaired) electrons. The van der Waals surface area contributed by atoms with E-state index in [9.17, 15) is 0 Å². The number of nitrogens with one attached hydrogen (secondary N) is 1. The van der Waals surface area contributed by atoms with Crippen molar-refractivity contribution in [3.05, 3.63) is 40.1 Å². The Morgan fingerprint density at radius 2 is 1.86 bits per heavy atom. The van der Waals surface area contributed by atoms with Gasteiger partial charge in [-0.1, -0.05) is 23.2 Å². The summed E-state index contributed by atoms with van der Waals surface area (Å²) in [6, 6.07) is 7.31. The lowest BCUT2D eigenvalue weighted by Gasteiger charge is -2.18. The van der Waals surface area contributed by atoms with Crippen molar-refractivity contribution in [2.75, 3.05) is 23.3 Å². The zero-order valence-corrected chi connectivity index (χ0v) is 13.2. The Bertz CT molecular complexity index is 654. The Hall–Kier alpha value is -1.52. The quantitative estimate of drug-likeness (QED) is 0.907. The van der Waals surface area contributed by atoms with Crippen molar-refractivity contribution in [1.29, 1.82) is 0 Å². The van der Waals surface area contributed by atoms with E-state index in [4.69, 9.17) is 23.2 Å². The molecule has 2 heterocycles. The summed E-state index contributed by atoms with van der Waals surface area (Å²) in [5.41, 5.74) is 0.784. The summed E-state index contributed by atoms with van der Waals surface area (Å²) in [6.45, 7) is 4.00. The molecule has 0 saturated carbocycles. The van der Waals surface area contributed by atoms with Crippen LogP contribution in [0.3, 0.4) is 0 Å². The maximum absolute atomic E-state index is 6.19. The van der Waals surface area contributed by atoms with Crippen LogP contribution < -0.4 is 10.2 Å². The fraction of sp³-hybridized carbons (Fsp3) is 0.333. The number of aromatic nitrogens is 2. The van der Waals surface area contributed by atoms with E-state index in [0.717, 1.165) is 36.2 Å². The number of nitrogens with zero attached hydrogens (tertiary/aromatic N) is 3. The minimum Gasteiger partial charge on any atom is -0.356 e. The second-order valence-electron chi connectivity index (χ2n) is 5.10. The number of hydrogen-bond acceptors (Lipinski definition) is 4. The Morgan fingerprint density at radius 3 is 2.57 bits per heavy atom. The molecular weight excluding hydrogens is 307 g/mol. The van der Waals surface area contributed by atoms with Crippen LogP contribution >= 0.6 is 23.2 Å². The standard InChI is InChI=1S/C15H16Cl2N4/c1-10-18-14(9-15(19-10)21-6-2-3-7-21)20-13-5-4-11(16)8-12(13)17/h4-5,8-9H,2-3,6-7H2,1H3,(H,18,19,20). The third-order valence-corrected chi connectivity index (χ3v) is 4.00. The van der Waals surface area contributed by atoms with E-state index in [1.165, 1.54) is 12.8 Å². The first-order chi connectivity index (χ1) is 10.1. The van der Waals surface area contributed by atoms with E-state index < -0.39 is 0 Å². The van der Waals surface area contributed by atoms with E-state index in [1.54, 1.807) is 12.1 Å². The van der Waals surface area contributed by atoms with Gasteiger partial charge < -0.3 is 10.2 Å². The van der Waals surface area contributed by atoms with Gasteiger partial charge in [-0.15, -0.1) is 0 Å². The van der Waals surface area contributed by atoms with Gasteiger partial charge >= 0.3 is 0 Å². The van der Waals surface area contributed by atoms with E-state index in [2.05, 4.69) is 20.2 Å². The molecule has 1 N–H and O–H groups in total. The van der Waals surface area contributed by atoms with Gasteiger partial charge in [-0.25, -0.2) is 9.97 Å². The van der Waals surface area contributed by atoms with Crippen molar-refractivity contribution in [3.63, 3.8) is 0 Å². The van der Waals surface area contributed by atoms with Gasteiger partial charge in [-0.05, 0) is 38.0 Å². The van der Waals surface area contributed by atoms with Gasteiger partial charge in [0.25, 0.3) is 0 Å². The maximum atomic E-state index is 6.19. The predicted molar refractivity (Wildman–Crippen MR) is 88.0 cm³/mol. The van der Waals surface area contributed by atoms with Crippen LogP contribution in [0.25, 0.3) is 0 Å². The highest BCUT2D eigenvalue weighted by atomic mass is 35.5. The average Bonchev–Trinajstić information content (AvgIpc) is 2.95. The fourth-order valence-corrected chi connectivity index (χ4v) is 2.91. The van der Waals surface area contributed by atoms with E-state index in [-0.39, 0.29) is 0 Å². The maximum Gasteiger partial charge on any atom is 0.136 e. The highest BCUT2D eigenvalue weighted by Crippen LogP contribution is 2.29. The Morgan fingerprint density at radius 1 is 1.10 bits per heavy atom. The van der Waals surface area contributed by atoms with Gasteiger partial charge in [0.05, 0.1) is 10.7 Å². The molecule has 0 atom stereocenters. The monoisotopic (exact) mass is 322 g/mol. The third-order valence-electron chi connectivity index (χ3n) is 3.45. The van der Waals surface area contributed by atoms with E-state index in [1.807, 2.05) is 19.1 Å². The molecule has 6 heteroatoms. The van der Waals surface area contributed by atoms with Gasteiger partial charge in [0.1, 0.15) is 17.5 Å². The number of anilines is 3. The lowest BCUT2D eigenvalue weighted by Crippen LogP contribution is -2.19. The molecule has 21 heavy (non-hydrogen) atoms. The summed E-state index contributed by atoms with van der Waals surface area (Å²) in [7, 11) is 0. The van der Waals surface area contributed by atoms with Crippen molar-refractivity contribution in [2.45, 2.75) is 19.8 Å². The van der Waals surface area contributed by atoms with E-state index >= 15 is 0 Å². The van der Waals surface area contributed by atoms with Crippen LogP contribution in [-0.4, -0.2) is 23.1 Å². The number of benzene rings is 1. The summed E-state index contributed by atoms with van der Waals surface area (Å²) in [4.78, 5) is 11.2. The molecule has 1 aliphatic rings. The van der Waals surface area contributed by atoms with Crippen molar-refractivity contribution in [3.8, 4) is 0 Å². The van der Waals surface area contributed by atoms with Crippen molar-refractivity contribution < 1.29 is 0 Å². The van der Waals surface area contributed by atoms with Gasteiger partial charge in [0.15, 0.2) is 0 Å². The summed E-state index contributed by atoms with van der Waals surface area (Å²) in [6.07, 6.45) is 2.43. The van der Waals surface area contributed by atoms with Gasteiger partial charge in [-0.3, -0.25) is 0 Å². The second kappa shape index (κ2) is 6.08. The molecule has 2 aromatic rings. The van der Waals surface area contributed by atoms with Crippen LogP contribution in [0, 0.1) is 6.92 Å². The van der Waals surface area contributed by atoms with Gasteiger partial charge in [0.2, 0.25) is 0 Å². The SMILES string of the molecule is Cc1nc(Nc2ccc(Cl)cc2Cl)cc(N2CCCC2)n1. The smallest absolute Gasteiger partial charge is 0.136 e. The molecule has 1 aromatic carbocycles. The molecule has 1 saturated heterocycles. The first-order valence-corrected chi connectivity index (χ1v) is 7.70. The van der Waals surface area contributed by atoms with Crippen LogP contribution in [0.1, 0.15) is 18.7 Å². The third kappa shape index (κ3) is 3.39. The number of rotatable bonds is 3. The molecule has 1 fully saturated rings.